The molecule has 0 unspecified atom stereocenters. The van der Waals surface area contributed by atoms with Crippen LogP contribution in [0.25, 0.3) is 0 Å². The molecule has 1 aliphatic rings. The van der Waals surface area contributed by atoms with Gasteiger partial charge in [0.05, 0.1) is 24.3 Å². The lowest BCUT2D eigenvalue weighted by atomic mass is 10.1. The number of primary amides is 1. The number of nitrogens with two attached hydrogens (primary N) is 1. The van der Waals surface area contributed by atoms with Gasteiger partial charge in [-0.1, -0.05) is 0 Å². The molecule has 20 heavy (non-hydrogen) atoms. The maximum atomic E-state index is 12.4. The molecule has 1 aromatic rings. The van der Waals surface area contributed by atoms with Gasteiger partial charge in [0.15, 0.2) is 0 Å². The standard InChI is InChI=1S/C12H18IN5O2/c1-12(2,3)15-10(19)8-7-6-17(11(14)20)4-5-18(7)16-9(8)13/h4-6H2,1-3H3,(H2,14,20)(H,15,19). The molecule has 0 aromatic carbocycles. The lowest BCUT2D eigenvalue weighted by Crippen LogP contribution is -2.44. The summed E-state index contributed by atoms with van der Waals surface area (Å²) in [5.74, 6) is -0.172. The predicted molar refractivity (Wildman–Crippen MR) is 82.2 cm³/mol. The monoisotopic (exact) mass is 391 g/mol. The van der Waals surface area contributed by atoms with Crippen LogP contribution in [-0.4, -0.2) is 38.7 Å². The van der Waals surface area contributed by atoms with E-state index in [4.69, 9.17) is 5.73 Å². The van der Waals surface area contributed by atoms with Crippen LogP contribution in [0.5, 0.6) is 0 Å². The third kappa shape index (κ3) is 3.05. The summed E-state index contributed by atoms with van der Waals surface area (Å²) < 4.78 is 2.42. The van der Waals surface area contributed by atoms with Gasteiger partial charge >= 0.3 is 6.03 Å². The molecule has 1 aromatic heterocycles. The lowest BCUT2D eigenvalue weighted by Gasteiger charge is -2.27. The van der Waals surface area contributed by atoms with Crippen molar-refractivity contribution in [2.75, 3.05) is 6.54 Å². The van der Waals surface area contributed by atoms with Gasteiger partial charge in [-0.3, -0.25) is 9.48 Å². The van der Waals surface area contributed by atoms with Crippen molar-refractivity contribution in [3.05, 3.63) is 15.0 Å². The molecule has 0 aliphatic carbocycles. The smallest absolute Gasteiger partial charge is 0.315 e. The second-order valence-electron chi connectivity index (χ2n) is 5.80. The van der Waals surface area contributed by atoms with Gasteiger partial charge in [0.25, 0.3) is 5.91 Å². The van der Waals surface area contributed by atoms with Crippen molar-refractivity contribution in [3.8, 4) is 0 Å². The summed E-state index contributed by atoms with van der Waals surface area (Å²) in [4.78, 5) is 25.2. The van der Waals surface area contributed by atoms with E-state index in [1.54, 1.807) is 4.68 Å². The zero-order valence-corrected chi connectivity index (χ0v) is 13.9. The van der Waals surface area contributed by atoms with Crippen LogP contribution in [-0.2, 0) is 13.1 Å². The van der Waals surface area contributed by atoms with Gasteiger partial charge in [-0.25, -0.2) is 4.79 Å². The quantitative estimate of drug-likeness (QED) is 0.697. The molecule has 0 fully saturated rings. The first kappa shape index (κ1) is 15.1. The van der Waals surface area contributed by atoms with E-state index >= 15 is 0 Å². The Morgan fingerprint density at radius 1 is 1.35 bits per heavy atom. The number of hydrogen-bond acceptors (Lipinski definition) is 3. The highest BCUT2D eigenvalue weighted by molar-refractivity contribution is 14.1. The lowest BCUT2D eigenvalue weighted by molar-refractivity contribution is 0.0915. The van der Waals surface area contributed by atoms with Crippen LogP contribution in [0.4, 0.5) is 4.79 Å². The molecule has 3 N–H and O–H groups in total. The fraction of sp³-hybridized carbons (Fsp3) is 0.583. The number of fused-ring (bicyclic) bond motifs is 1. The Labute approximate surface area is 131 Å². The molecular formula is C12H18IN5O2. The first-order valence-electron chi connectivity index (χ1n) is 6.31. The van der Waals surface area contributed by atoms with Crippen molar-refractivity contribution in [1.82, 2.24) is 20.0 Å². The largest absolute Gasteiger partial charge is 0.351 e. The Hall–Kier alpha value is -1.32. The van der Waals surface area contributed by atoms with Gasteiger partial charge in [-0.2, -0.15) is 5.10 Å². The van der Waals surface area contributed by atoms with Gasteiger partial charge < -0.3 is 16.0 Å². The third-order valence-electron chi connectivity index (χ3n) is 2.96. The van der Waals surface area contributed by atoms with Gasteiger partial charge in [0.2, 0.25) is 0 Å². The Bertz CT molecular complexity index is 561. The number of urea groups is 1. The molecule has 110 valence electrons. The predicted octanol–water partition coefficient (Wildman–Crippen LogP) is 0.910. The molecule has 2 rings (SSSR count). The molecule has 0 saturated heterocycles. The molecule has 0 saturated carbocycles. The molecule has 0 radical (unpaired) electrons. The molecule has 3 amide bonds. The SMILES string of the molecule is CC(C)(C)NC(=O)c1c(I)nn2c1CN(C(N)=O)CC2. The number of carbonyl (C=O) groups is 2. The van der Waals surface area contributed by atoms with Crippen molar-refractivity contribution in [3.63, 3.8) is 0 Å². The number of hydrogen-bond donors (Lipinski definition) is 2. The van der Waals surface area contributed by atoms with Crippen molar-refractivity contribution in [2.24, 2.45) is 5.73 Å². The van der Waals surface area contributed by atoms with E-state index in [1.165, 1.54) is 4.90 Å². The second kappa shape index (κ2) is 5.23. The molecule has 8 heteroatoms. The van der Waals surface area contributed by atoms with Crippen LogP contribution in [0.15, 0.2) is 0 Å². The molecule has 0 atom stereocenters. The Balaban J connectivity index is 2.34. The first-order valence-corrected chi connectivity index (χ1v) is 7.39. The maximum Gasteiger partial charge on any atom is 0.315 e. The van der Waals surface area contributed by atoms with Gasteiger partial charge in [-0.15, -0.1) is 0 Å². The summed E-state index contributed by atoms with van der Waals surface area (Å²) in [5, 5.41) is 7.28. The number of aromatic nitrogens is 2. The zero-order valence-electron chi connectivity index (χ0n) is 11.7. The summed E-state index contributed by atoms with van der Waals surface area (Å²) in [7, 11) is 0. The Kier molecular flexibility index (Phi) is 3.94. The summed E-state index contributed by atoms with van der Waals surface area (Å²) >= 11 is 2.04. The normalized spacial score (nSPS) is 14.9. The fourth-order valence-electron chi connectivity index (χ4n) is 2.10. The molecule has 0 spiro atoms. The number of halogens is 1. The van der Waals surface area contributed by atoms with E-state index < -0.39 is 6.03 Å². The second-order valence-corrected chi connectivity index (χ2v) is 6.82. The van der Waals surface area contributed by atoms with E-state index in [2.05, 4.69) is 10.4 Å². The van der Waals surface area contributed by atoms with Crippen LogP contribution >= 0.6 is 22.6 Å². The van der Waals surface area contributed by atoms with Crippen LogP contribution in [0.1, 0.15) is 36.8 Å². The molecule has 2 heterocycles. The van der Waals surface area contributed by atoms with E-state index in [0.717, 1.165) is 5.69 Å². The van der Waals surface area contributed by atoms with E-state index in [1.807, 2.05) is 43.4 Å². The molecule has 1 aliphatic heterocycles. The van der Waals surface area contributed by atoms with Crippen molar-refractivity contribution >= 4 is 34.5 Å². The molecule has 7 nitrogen and oxygen atoms in total. The van der Waals surface area contributed by atoms with E-state index in [-0.39, 0.29) is 11.4 Å². The van der Waals surface area contributed by atoms with Crippen LogP contribution in [0.3, 0.4) is 0 Å². The van der Waals surface area contributed by atoms with Crippen molar-refractivity contribution in [1.29, 1.82) is 0 Å². The van der Waals surface area contributed by atoms with Crippen molar-refractivity contribution < 1.29 is 9.59 Å². The number of carbonyl (C=O) groups excluding carboxylic acids is 2. The molecular weight excluding hydrogens is 373 g/mol. The summed E-state index contributed by atoms with van der Waals surface area (Å²) in [6.45, 7) is 7.14. The van der Waals surface area contributed by atoms with Gasteiger partial charge in [0.1, 0.15) is 3.70 Å². The van der Waals surface area contributed by atoms with Gasteiger partial charge in [-0.05, 0) is 43.4 Å². The van der Waals surface area contributed by atoms with Crippen LogP contribution in [0.2, 0.25) is 0 Å². The number of nitrogens with zero attached hydrogens (tertiary/aromatic N) is 3. The maximum absolute atomic E-state index is 12.4. The first-order chi connectivity index (χ1) is 9.19. The number of amides is 3. The molecule has 0 bridgehead atoms. The number of rotatable bonds is 1. The highest BCUT2D eigenvalue weighted by atomic mass is 127. The Morgan fingerprint density at radius 3 is 2.55 bits per heavy atom. The third-order valence-corrected chi connectivity index (χ3v) is 3.72. The summed E-state index contributed by atoms with van der Waals surface area (Å²) in [6, 6.07) is -0.477. The van der Waals surface area contributed by atoms with Crippen molar-refractivity contribution in [2.45, 2.75) is 39.4 Å². The van der Waals surface area contributed by atoms with E-state index in [0.29, 0.717) is 28.9 Å². The average molecular weight is 391 g/mol. The average Bonchev–Trinajstić information content (AvgIpc) is 2.61. The topological polar surface area (TPSA) is 93.2 Å². The summed E-state index contributed by atoms with van der Waals surface area (Å²) in [5.41, 5.74) is 6.26. The minimum absolute atomic E-state index is 0.172. The number of nitrogens with one attached hydrogen (secondary N) is 1. The van der Waals surface area contributed by atoms with Crippen LogP contribution < -0.4 is 11.1 Å². The minimum Gasteiger partial charge on any atom is -0.351 e. The van der Waals surface area contributed by atoms with Gasteiger partial charge in [0, 0.05) is 12.1 Å². The zero-order chi connectivity index (χ0) is 15.1. The fourth-order valence-corrected chi connectivity index (χ4v) is 2.92. The van der Waals surface area contributed by atoms with E-state index in [9.17, 15) is 9.59 Å². The summed E-state index contributed by atoms with van der Waals surface area (Å²) in [6.07, 6.45) is 0. The highest BCUT2D eigenvalue weighted by Gasteiger charge is 2.29. The minimum atomic E-state index is -0.477. The van der Waals surface area contributed by atoms with Crippen LogP contribution in [0, 0.1) is 3.70 Å². The Morgan fingerprint density at radius 2 is 2.00 bits per heavy atom. The highest BCUT2D eigenvalue weighted by Crippen LogP contribution is 2.22.